The zero-order valence-corrected chi connectivity index (χ0v) is 15.1. The Balaban J connectivity index is 1.62. The van der Waals surface area contributed by atoms with Crippen LogP contribution in [0.2, 0.25) is 0 Å². The maximum absolute atomic E-state index is 12.7. The maximum atomic E-state index is 12.7. The Bertz CT molecular complexity index is 623. The van der Waals surface area contributed by atoms with Crippen molar-refractivity contribution >= 4 is 10.0 Å². The average molecular weight is 353 g/mol. The Morgan fingerprint density at radius 3 is 2.42 bits per heavy atom. The summed E-state index contributed by atoms with van der Waals surface area (Å²) in [6, 6.07) is 7.03. The molecule has 3 rings (SSSR count). The van der Waals surface area contributed by atoms with Crippen LogP contribution < -0.4 is 4.72 Å². The first-order chi connectivity index (χ1) is 11.5. The first-order valence-electron chi connectivity index (χ1n) is 8.87. The predicted octanol–water partition coefficient (Wildman–Crippen LogP) is 2.99. The van der Waals surface area contributed by atoms with E-state index in [4.69, 9.17) is 9.47 Å². The van der Waals surface area contributed by atoms with Gasteiger partial charge in [0.1, 0.15) is 0 Å². The van der Waals surface area contributed by atoms with E-state index in [1.54, 1.807) is 12.1 Å². The number of nitrogens with one attached hydrogen (secondary N) is 1. The normalized spacial score (nSPS) is 25.9. The molecule has 0 radical (unpaired) electrons. The second-order valence-corrected chi connectivity index (χ2v) is 8.55. The molecule has 1 aliphatic heterocycles. The van der Waals surface area contributed by atoms with E-state index in [1.807, 2.05) is 19.1 Å². The van der Waals surface area contributed by atoms with Gasteiger partial charge in [-0.05, 0) is 50.7 Å². The van der Waals surface area contributed by atoms with E-state index in [1.165, 1.54) is 6.42 Å². The molecule has 2 atom stereocenters. The summed E-state index contributed by atoms with van der Waals surface area (Å²) < 4.78 is 39.3. The van der Waals surface area contributed by atoms with E-state index in [0.29, 0.717) is 24.0 Å². The monoisotopic (exact) mass is 353 g/mol. The number of aryl methyl sites for hydroxylation is 1. The van der Waals surface area contributed by atoms with Crippen molar-refractivity contribution in [3.8, 4) is 0 Å². The molecule has 1 heterocycles. The van der Waals surface area contributed by atoms with Gasteiger partial charge >= 0.3 is 0 Å². The maximum Gasteiger partial charge on any atom is 0.240 e. The summed E-state index contributed by atoms with van der Waals surface area (Å²) in [6.07, 6.45) is 5.88. The predicted molar refractivity (Wildman–Crippen MR) is 92.2 cm³/mol. The van der Waals surface area contributed by atoms with Crippen LogP contribution >= 0.6 is 0 Å². The zero-order valence-electron chi connectivity index (χ0n) is 14.2. The van der Waals surface area contributed by atoms with E-state index >= 15 is 0 Å². The highest BCUT2D eigenvalue weighted by Crippen LogP contribution is 2.30. The number of sulfonamides is 1. The molecule has 0 aromatic heterocycles. The Kier molecular flexibility index (Phi) is 5.92. The summed E-state index contributed by atoms with van der Waals surface area (Å²) in [5.74, 6) is 0.353. The van der Waals surface area contributed by atoms with Crippen molar-refractivity contribution in [2.24, 2.45) is 5.92 Å². The third kappa shape index (κ3) is 4.57. The molecule has 0 bridgehead atoms. The lowest BCUT2D eigenvalue weighted by atomic mass is 9.82. The van der Waals surface area contributed by atoms with Gasteiger partial charge in [-0.2, -0.15) is 0 Å². The first kappa shape index (κ1) is 17.9. The van der Waals surface area contributed by atoms with Gasteiger partial charge in [-0.25, -0.2) is 13.1 Å². The number of benzene rings is 1. The molecule has 1 N–H and O–H groups in total. The Morgan fingerprint density at radius 2 is 1.71 bits per heavy atom. The van der Waals surface area contributed by atoms with Gasteiger partial charge in [0.15, 0.2) is 6.29 Å². The molecule has 2 aliphatic rings. The Labute approximate surface area is 144 Å². The fourth-order valence-corrected chi connectivity index (χ4v) is 4.96. The molecule has 5 nitrogen and oxygen atoms in total. The zero-order chi connectivity index (χ0) is 17.0. The van der Waals surface area contributed by atoms with E-state index in [9.17, 15) is 8.42 Å². The molecule has 0 unspecified atom stereocenters. The van der Waals surface area contributed by atoms with Crippen LogP contribution in [0.15, 0.2) is 29.2 Å². The summed E-state index contributed by atoms with van der Waals surface area (Å²) in [5.41, 5.74) is 1.06. The van der Waals surface area contributed by atoms with Gasteiger partial charge in [0.2, 0.25) is 10.0 Å². The SMILES string of the molecule is Cc1ccc(S(=O)(=O)N[C@H]2CCCC[C@@H]2CCC2OCCO2)cc1. The van der Waals surface area contributed by atoms with E-state index in [2.05, 4.69) is 4.72 Å². The lowest BCUT2D eigenvalue weighted by Gasteiger charge is -2.32. The van der Waals surface area contributed by atoms with Crippen molar-refractivity contribution in [3.05, 3.63) is 29.8 Å². The van der Waals surface area contributed by atoms with Crippen molar-refractivity contribution in [2.45, 2.75) is 62.7 Å². The van der Waals surface area contributed by atoms with Gasteiger partial charge in [0, 0.05) is 6.04 Å². The van der Waals surface area contributed by atoms with Crippen LogP contribution in [0.1, 0.15) is 44.1 Å². The summed E-state index contributed by atoms with van der Waals surface area (Å²) in [7, 11) is -3.46. The first-order valence-corrected chi connectivity index (χ1v) is 10.3. The minimum Gasteiger partial charge on any atom is -0.350 e. The van der Waals surface area contributed by atoms with E-state index in [-0.39, 0.29) is 12.3 Å². The van der Waals surface area contributed by atoms with Crippen molar-refractivity contribution < 1.29 is 17.9 Å². The highest BCUT2D eigenvalue weighted by atomic mass is 32.2. The van der Waals surface area contributed by atoms with Crippen LogP contribution in [-0.2, 0) is 19.5 Å². The number of ether oxygens (including phenoxy) is 2. The van der Waals surface area contributed by atoms with Crippen molar-refractivity contribution in [3.63, 3.8) is 0 Å². The van der Waals surface area contributed by atoms with Crippen LogP contribution in [0.25, 0.3) is 0 Å². The van der Waals surface area contributed by atoms with Crippen LogP contribution in [0.4, 0.5) is 0 Å². The molecule has 0 spiro atoms. The van der Waals surface area contributed by atoms with E-state index < -0.39 is 10.0 Å². The van der Waals surface area contributed by atoms with Crippen LogP contribution in [-0.4, -0.2) is 34.0 Å². The van der Waals surface area contributed by atoms with Crippen LogP contribution in [0, 0.1) is 12.8 Å². The molecular formula is C18H27NO4S. The van der Waals surface area contributed by atoms with E-state index in [0.717, 1.165) is 37.7 Å². The van der Waals surface area contributed by atoms with Crippen LogP contribution in [0.3, 0.4) is 0 Å². The number of hydrogen-bond acceptors (Lipinski definition) is 4. The molecule has 0 amide bonds. The van der Waals surface area contributed by atoms with Crippen molar-refractivity contribution in [2.75, 3.05) is 13.2 Å². The van der Waals surface area contributed by atoms with Gasteiger partial charge < -0.3 is 9.47 Å². The average Bonchev–Trinajstić information content (AvgIpc) is 3.07. The lowest BCUT2D eigenvalue weighted by Crippen LogP contribution is -2.42. The molecule has 134 valence electrons. The molecule has 1 saturated heterocycles. The number of rotatable bonds is 6. The molecule has 1 aromatic rings. The van der Waals surface area contributed by atoms with Crippen molar-refractivity contribution in [1.29, 1.82) is 0 Å². The third-order valence-corrected chi connectivity index (χ3v) is 6.52. The molecular weight excluding hydrogens is 326 g/mol. The van der Waals surface area contributed by atoms with Crippen LogP contribution in [0.5, 0.6) is 0 Å². The Hall–Kier alpha value is -0.950. The van der Waals surface area contributed by atoms with Gasteiger partial charge in [-0.1, -0.05) is 30.5 Å². The smallest absolute Gasteiger partial charge is 0.240 e. The Morgan fingerprint density at radius 1 is 1.04 bits per heavy atom. The highest BCUT2D eigenvalue weighted by molar-refractivity contribution is 7.89. The summed E-state index contributed by atoms with van der Waals surface area (Å²) in [6.45, 7) is 3.28. The fraction of sp³-hybridized carbons (Fsp3) is 0.667. The fourth-order valence-electron chi connectivity index (χ4n) is 3.62. The summed E-state index contributed by atoms with van der Waals surface area (Å²) in [5, 5.41) is 0. The minimum absolute atomic E-state index is 0.00598. The van der Waals surface area contributed by atoms with Gasteiger partial charge in [-0.15, -0.1) is 0 Å². The van der Waals surface area contributed by atoms with Crippen molar-refractivity contribution in [1.82, 2.24) is 4.72 Å². The molecule has 24 heavy (non-hydrogen) atoms. The largest absolute Gasteiger partial charge is 0.350 e. The summed E-state index contributed by atoms with van der Waals surface area (Å²) >= 11 is 0. The standard InChI is InChI=1S/C18H27NO4S/c1-14-6-9-16(10-7-14)24(20,21)19-17-5-3-2-4-15(17)8-11-18-22-12-13-23-18/h6-7,9-10,15,17-19H,2-5,8,11-13H2,1H3/t15-,17+/m1/s1. The highest BCUT2D eigenvalue weighted by Gasteiger charge is 2.30. The molecule has 2 fully saturated rings. The molecule has 1 saturated carbocycles. The second kappa shape index (κ2) is 7.95. The second-order valence-electron chi connectivity index (χ2n) is 6.83. The minimum atomic E-state index is -3.46. The molecule has 6 heteroatoms. The third-order valence-electron chi connectivity index (χ3n) is 5.01. The van der Waals surface area contributed by atoms with Gasteiger partial charge in [0.25, 0.3) is 0 Å². The lowest BCUT2D eigenvalue weighted by molar-refractivity contribution is -0.0514. The molecule has 1 aromatic carbocycles. The molecule has 1 aliphatic carbocycles. The topological polar surface area (TPSA) is 64.6 Å². The van der Waals surface area contributed by atoms with Gasteiger partial charge in [-0.3, -0.25) is 0 Å². The summed E-state index contributed by atoms with van der Waals surface area (Å²) in [4.78, 5) is 0.347. The van der Waals surface area contributed by atoms with Gasteiger partial charge in [0.05, 0.1) is 18.1 Å². The quantitative estimate of drug-likeness (QED) is 0.854. The number of hydrogen-bond donors (Lipinski definition) is 1.